The molecule has 4 nitrogen and oxygen atoms in total. The van der Waals surface area contributed by atoms with Crippen molar-refractivity contribution in [3.05, 3.63) is 52.5 Å². The van der Waals surface area contributed by atoms with Gasteiger partial charge in [-0.2, -0.15) is 0 Å². The average molecular weight is 319 g/mol. The van der Waals surface area contributed by atoms with E-state index in [1.54, 1.807) is 25.3 Å². The van der Waals surface area contributed by atoms with Crippen LogP contribution in [0.25, 0.3) is 0 Å². The Labute approximate surface area is 135 Å². The first-order valence-corrected chi connectivity index (χ1v) is 7.32. The summed E-state index contributed by atoms with van der Waals surface area (Å²) < 4.78 is 5.23. The maximum atomic E-state index is 12.1. The Morgan fingerprint density at radius 3 is 2.64 bits per heavy atom. The minimum atomic E-state index is -0.129. The minimum Gasteiger partial charge on any atom is -0.495 e. The van der Waals surface area contributed by atoms with Gasteiger partial charge in [-0.25, -0.2) is 0 Å². The number of carbonyl (C=O) groups is 1. The number of aryl methyl sites for hydroxylation is 2. The third-order valence-electron chi connectivity index (χ3n) is 3.27. The summed E-state index contributed by atoms with van der Waals surface area (Å²) in [6, 6.07) is 11.2. The van der Waals surface area contributed by atoms with E-state index in [0.29, 0.717) is 16.5 Å². The highest BCUT2D eigenvalue weighted by atomic mass is 35.5. The molecule has 2 rings (SSSR count). The smallest absolute Gasteiger partial charge is 0.243 e. The van der Waals surface area contributed by atoms with Gasteiger partial charge in [0.05, 0.1) is 19.3 Å². The summed E-state index contributed by atoms with van der Waals surface area (Å²) in [5.74, 6) is 0.514. The molecule has 0 heterocycles. The number of ether oxygens (including phenoxy) is 1. The van der Waals surface area contributed by atoms with Crippen molar-refractivity contribution in [1.82, 2.24) is 0 Å². The molecule has 0 aliphatic heterocycles. The molecule has 116 valence electrons. The van der Waals surface area contributed by atoms with Crippen LogP contribution >= 0.6 is 11.6 Å². The zero-order valence-electron chi connectivity index (χ0n) is 12.9. The zero-order chi connectivity index (χ0) is 16.1. The lowest BCUT2D eigenvalue weighted by Crippen LogP contribution is -2.22. The van der Waals surface area contributed by atoms with Crippen LogP contribution in [0.4, 0.5) is 11.4 Å². The first kappa shape index (κ1) is 16.2. The van der Waals surface area contributed by atoms with Crippen molar-refractivity contribution in [2.24, 2.45) is 0 Å². The van der Waals surface area contributed by atoms with E-state index in [-0.39, 0.29) is 12.5 Å². The van der Waals surface area contributed by atoms with Crippen molar-refractivity contribution < 1.29 is 9.53 Å². The molecule has 2 aromatic carbocycles. The zero-order valence-corrected chi connectivity index (χ0v) is 13.6. The summed E-state index contributed by atoms with van der Waals surface area (Å²) in [6.45, 7) is 4.08. The third-order valence-corrected chi connectivity index (χ3v) is 3.50. The Hall–Kier alpha value is -2.20. The summed E-state index contributed by atoms with van der Waals surface area (Å²) in [5, 5.41) is 6.52. The molecular formula is C17H19ClN2O2. The molecular weight excluding hydrogens is 300 g/mol. The van der Waals surface area contributed by atoms with Gasteiger partial charge in [0.25, 0.3) is 0 Å². The number of anilines is 2. The highest BCUT2D eigenvalue weighted by Gasteiger charge is 2.08. The van der Waals surface area contributed by atoms with Crippen LogP contribution in [-0.4, -0.2) is 19.6 Å². The van der Waals surface area contributed by atoms with Crippen LogP contribution in [0.2, 0.25) is 5.02 Å². The maximum Gasteiger partial charge on any atom is 0.243 e. The molecule has 0 atom stereocenters. The van der Waals surface area contributed by atoms with Gasteiger partial charge in [0.1, 0.15) is 5.75 Å². The molecule has 0 aliphatic rings. The van der Waals surface area contributed by atoms with E-state index < -0.39 is 0 Å². The van der Waals surface area contributed by atoms with E-state index in [4.69, 9.17) is 16.3 Å². The van der Waals surface area contributed by atoms with E-state index >= 15 is 0 Å². The summed E-state index contributed by atoms with van der Waals surface area (Å²) in [5.41, 5.74) is 3.64. The van der Waals surface area contributed by atoms with E-state index in [0.717, 1.165) is 16.8 Å². The van der Waals surface area contributed by atoms with Crippen molar-refractivity contribution in [3.63, 3.8) is 0 Å². The first-order chi connectivity index (χ1) is 10.5. The molecule has 1 amide bonds. The number of benzene rings is 2. The van der Waals surface area contributed by atoms with E-state index in [9.17, 15) is 4.79 Å². The Balaban J connectivity index is 2.01. The molecule has 22 heavy (non-hydrogen) atoms. The van der Waals surface area contributed by atoms with E-state index in [1.165, 1.54) is 0 Å². The van der Waals surface area contributed by atoms with Gasteiger partial charge in [0.2, 0.25) is 5.91 Å². The first-order valence-electron chi connectivity index (χ1n) is 6.94. The monoisotopic (exact) mass is 318 g/mol. The summed E-state index contributed by atoms with van der Waals surface area (Å²) >= 11 is 5.96. The maximum absolute atomic E-state index is 12.1. The Morgan fingerprint density at radius 2 is 1.91 bits per heavy atom. The molecule has 0 saturated carbocycles. The molecule has 2 N–H and O–H groups in total. The van der Waals surface area contributed by atoms with Gasteiger partial charge < -0.3 is 15.4 Å². The minimum absolute atomic E-state index is 0.129. The number of carbonyl (C=O) groups excluding carboxylic acids is 1. The molecule has 0 unspecified atom stereocenters. The predicted octanol–water partition coefficient (Wildman–Crippen LogP) is 4.02. The molecule has 0 aromatic heterocycles. The van der Waals surface area contributed by atoms with Gasteiger partial charge >= 0.3 is 0 Å². The lowest BCUT2D eigenvalue weighted by Gasteiger charge is -2.13. The van der Waals surface area contributed by atoms with Crippen molar-refractivity contribution >= 4 is 28.9 Å². The number of nitrogens with one attached hydrogen (secondary N) is 2. The standard InChI is InChI=1S/C17H19ClN2O2/c1-11-4-5-12(2)14(8-11)20-17(21)10-19-15-9-13(18)6-7-16(15)22-3/h4-9,19H,10H2,1-3H3,(H,20,21). The fourth-order valence-electron chi connectivity index (χ4n) is 2.06. The van der Waals surface area contributed by atoms with Crippen LogP contribution in [0.1, 0.15) is 11.1 Å². The lowest BCUT2D eigenvalue weighted by atomic mass is 10.1. The quantitative estimate of drug-likeness (QED) is 0.875. The van der Waals surface area contributed by atoms with Crippen LogP contribution < -0.4 is 15.4 Å². The lowest BCUT2D eigenvalue weighted by molar-refractivity contribution is -0.114. The number of hydrogen-bond acceptors (Lipinski definition) is 3. The Bertz CT molecular complexity index is 686. The highest BCUT2D eigenvalue weighted by Crippen LogP contribution is 2.27. The SMILES string of the molecule is COc1ccc(Cl)cc1NCC(=O)Nc1cc(C)ccc1C. The largest absolute Gasteiger partial charge is 0.495 e. The highest BCUT2D eigenvalue weighted by molar-refractivity contribution is 6.30. The molecule has 5 heteroatoms. The summed E-state index contributed by atoms with van der Waals surface area (Å²) in [4.78, 5) is 12.1. The van der Waals surface area contributed by atoms with Gasteiger partial charge in [-0.15, -0.1) is 0 Å². The average Bonchev–Trinajstić information content (AvgIpc) is 2.49. The Kier molecular flexibility index (Phi) is 5.28. The second kappa shape index (κ2) is 7.18. The molecule has 0 saturated heterocycles. The van der Waals surface area contributed by atoms with Crippen molar-refractivity contribution in [2.75, 3.05) is 24.3 Å². The topological polar surface area (TPSA) is 50.4 Å². The predicted molar refractivity (Wildman–Crippen MR) is 91.0 cm³/mol. The number of halogens is 1. The number of rotatable bonds is 5. The van der Waals surface area contributed by atoms with Gasteiger partial charge in [-0.05, 0) is 49.2 Å². The van der Waals surface area contributed by atoms with E-state index in [1.807, 2.05) is 32.0 Å². The van der Waals surface area contributed by atoms with Crippen molar-refractivity contribution in [1.29, 1.82) is 0 Å². The Morgan fingerprint density at radius 1 is 1.14 bits per heavy atom. The fourth-order valence-corrected chi connectivity index (χ4v) is 2.23. The van der Waals surface area contributed by atoms with Crippen molar-refractivity contribution in [3.8, 4) is 5.75 Å². The van der Waals surface area contributed by atoms with Crippen LogP contribution in [-0.2, 0) is 4.79 Å². The van der Waals surface area contributed by atoms with E-state index in [2.05, 4.69) is 10.6 Å². The summed E-state index contributed by atoms with van der Waals surface area (Å²) in [7, 11) is 1.57. The van der Waals surface area contributed by atoms with Crippen LogP contribution in [0, 0.1) is 13.8 Å². The van der Waals surface area contributed by atoms with Gasteiger partial charge in [0.15, 0.2) is 0 Å². The second-order valence-corrected chi connectivity index (χ2v) is 5.50. The molecule has 2 aromatic rings. The number of amides is 1. The second-order valence-electron chi connectivity index (χ2n) is 5.06. The van der Waals surface area contributed by atoms with Crippen LogP contribution in [0.5, 0.6) is 5.75 Å². The molecule has 0 aliphatic carbocycles. The molecule has 0 fully saturated rings. The number of methoxy groups -OCH3 is 1. The third kappa shape index (κ3) is 4.15. The normalized spacial score (nSPS) is 10.2. The van der Waals surface area contributed by atoms with Crippen molar-refractivity contribution in [2.45, 2.75) is 13.8 Å². The fraction of sp³-hybridized carbons (Fsp3) is 0.235. The van der Waals surface area contributed by atoms with Gasteiger partial charge in [0, 0.05) is 10.7 Å². The van der Waals surface area contributed by atoms with Crippen LogP contribution in [0.15, 0.2) is 36.4 Å². The molecule has 0 radical (unpaired) electrons. The molecule has 0 bridgehead atoms. The summed E-state index contributed by atoms with van der Waals surface area (Å²) in [6.07, 6.45) is 0. The van der Waals surface area contributed by atoms with Gasteiger partial charge in [-0.3, -0.25) is 4.79 Å². The molecule has 0 spiro atoms. The number of hydrogen-bond donors (Lipinski definition) is 2. The van der Waals surface area contributed by atoms with Crippen LogP contribution in [0.3, 0.4) is 0 Å². The van der Waals surface area contributed by atoms with Gasteiger partial charge in [-0.1, -0.05) is 23.7 Å².